The van der Waals surface area contributed by atoms with E-state index in [9.17, 15) is 13.2 Å². The van der Waals surface area contributed by atoms with Gasteiger partial charge in [0.1, 0.15) is 17.5 Å². The van der Waals surface area contributed by atoms with E-state index in [0.717, 1.165) is 30.0 Å². The Balaban J connectivity index is 1.61. The molecule has 0 heterocycles. The summed E-state index contributed by atoms with van der Waals surface area (Å²) in [6.07, 6.45) is 2.12. The molecule has 1 unspecified atom stereocenters. The fraction of sp³-hybridized carbons (Fsp3) is 0.294. The van der Waals surface area contributed by atoms with Crippen LogP contribution < -0.4 is 5.32 Å². The Morgan fingerprint density at radius 3 is 2.57 bits per heavy atom. The van der Waals surface area contributed by atoms with Crippen molar-refractivity contribution >= 4 is 0 Å². The number of hydrogen-bond acceptors (Lipinski definition) is 1. The second-order valence-electron chi connectivity index (χ2n) is 5.38. The van der Waals surface area contributed by atoms with Crippen LogP contribution in [0.2, 0.25) is 0 Å². The highest BCUT2D eigenvalue weighted by Gasteiger charge is 2.23. The highest BCUT2D eigenvalue weighted by atomic mass is 19.1. The Morgan fingerprint density at radius 2 is 1.81 bits per heavy atom. The zero-order chi connectivity index (χ0) is 14.8. The van der Waals surface area contributed by atoms with Crippen molar-refractivity contribution in [1.82, 2.24) is 5.32 Å². The number of benzene rings is 2. The van der Waals surface area contributed by atoms with Crippen molar-refractivity contribution in [2.24, 2.45) is 0 Å². The monoisotopic (exact) mass is 291 g/mol. The molecule has 4 heteroatoms. The van der Waals surface area contributed by atoms with Gasteiger partial charge in [0, 0.05) is 12.1 Å². The molecule has 0 fully saturated rings. The van der Waals surface area contributed by atoms with Crippen molar-refractivity contribution < 1.29 is 13.2 Å². The number of nitrogens with one attached hydrogen (secondary N) is 1. The smallest absolute Gasteiger partial charge is 0.126 e. The van der Waals surface area contributed by atoms with Crippen LogP contribution in [0.25, 0.3) is 0 Å². The van der Waals surface area contributed by atoms with Crippen LogP contribution in [-0.2, 0) is 12.8 Å². The summed E-state index contributed by atoms with van der Waals surface area (Å²) in [7, 11) is 0. The standard InChI is InChI=1S/C17H16F3N/c18-12-8-11(9-13(19)10-12)6-7-21-17-5-4-14-15(17)2-1-3-16(14)20/h1-3,8-10,17,21H,4-7H2. The van der Waals surface area contributed by atoms with Crippen LogP contribution in [0.15, 0.2) is 36.4 Å². The summed E-state index contributed by atoms with van der Waals surface area (Å²) >= 11 is 0. The highest BCUT2D eigenvalue weighted by molar-refractivity contribution is 5.35. The Morgan fingerprint density at radius 1 is 1.05 bits per heavy atom. The van der Waals surface area contributed by atoms with Gasteiger partial charge < -0.3 is 5.32 Å². The number of fused-ring (bicyclic) bond motifs is 1. The summed E-state index contributed by atoms with van der Waals surface area (Å²) < 4.78 is 39.8. The molecule has 0 saturated carbocycles. The van der Waals surface area contributed by atoms with Gasteiger partial charge in [-0.2, -0.15) is 0 Å². The minimum absolute atomic E-state index is 0.120. The van der Waals surface area contributed by atoms with Crippen LogP contribution >= 0.6 is 0 Å². The molecule has 0 spiro atoms. The van der Waals surface area contributed by atoms with E-state index < -0.39 is 11.6 Å². The van der Waals surface area contributed by atoms with Gasteiger partial charge in [-0.05, 0) is 60.7 Å². The van der Waals surface area contributed by atoms with Crippen LogP contribution in [0.5, 0.6) is 0 Å². The second-order valence-corrected chi connectivity index (χ2v) is 5.38. The normalized spacial score (nSPS) is 17.0. The first-order valence-electron chi connectivity index (χ1n) is 7.09. The minimum Gasteiger partial charge on any atom is -0.310 e. The number of halogens is 3. The maximum Gasteiger partial charge on any atom is 0.126 e. The summed E-state index contributed by atoms with van der Waals surface area (Å²) in [6, 6.07) is 8.80. The summed E-state index contributed by atoms with van der Waals surface area (Å²) in [5.41, 5.74) is 2.41. The summed E-state index contributed by atoms with van der Waals surface area (Å²) in [5, 5.41) is 3.34. The molecule has 2 aromatic rings. The first-order chi connectivity index (χ1) is 10.1. The van der Waals surface area contributed by atoms with Crippen molar-refractivity contribution in [1.29, 1.82) is 0 Å². The summed E-state index contributed by atoms with van der Waals surface area (Å²) in [5.74, 6) is -1.26. The lowest BCUT2D eigenvalue weighted by atomic mass is 10.1. The maximum atomic E-state index is 13.6. The number of rotatable bonds is 4. The van der Waals surface area contributed by atoms with E-state index in [1.54, 1.807) is 6.07 Å². The third-order valence-corrected chi connectivity index (χ3v) is 3.94. The average Bonchev–Trinajstić information content (AvgIpc) is 2.83. The Bertz CT molecular complexity index is 634. The minimum atomic E-state index is -0.557. The van der Waals surface area contributed by atoms with E-state index in [-0.39, 0.29) is 11.9 Å². The fourth-order valence-electron chi connectivity index (χ4n) is 2.97. The first-order valence-corrected chi connectivity index (χ1v) is 7.09. The molecule has 21 heavy (non-hydrogen) atoms. The number of hydrogen-bond donors (Lipinski definition) is 1. The molecule has 0 bridgehead atoms. The van der Waals surface area contributed by atoms with Gasteiger partial charge in [0.05, 0.1) is 0 Å². The first kappa shape index (κ1) is 14.1. The van der Waals surface area contributed by atoms with Crippen LogP contribution in [-0.4, -0.2) is 6.54 Å². The maximum absolute atomic E-state index is 13.6. The van der Waals surface area contributed by atoms with Crippen LogP contribution in [0.3, 0.4) is 0 Å². The van der Waals surface area contributed by atoms with Gasteiger partial charge in [-0.25, -0.2) is 13.2 Å². The third kappa shape index (κ3) is 3.10. The molecular formula is C17H16F3N. The quantitative estimate of drug-likeness (QED) is 0.900. The molecular weight excluding hydrogens is 275 g/mol. The van der Waals surface area contributed by atoms with Crippen molar-refractivity contribution in [2.75, 3.05) is 6.54 Å². The van der Waals surface area contributed by atoms with Crippen LogP contribution in [0.4, 0.5) is 13.2 Å². The topological polar surface area (TPSA) is 12.0 Å². The third-order valence-electron chi connectivity index (χ3n) is 3.94. The molecule has 1 atom stereocenters. The van der Waals surface area contributed by atoms with Gasteiger partial charge in [0.15, 0.2) is 0 Å². The van der Waals surface area contributed by atoms with E-state index in [1.807, 2.05) is 6.07 Å². The van der Waals surface area contributed by atoms with E-state index in [0.29, 0.717) is 18.5 Å². The van der Waals surface area contributed by atoms with E-state index >= 15 is 0 Å². The highest BCUT2D eigenvalue weighted by Crippen LogP contribution is 2.32. The van der Waals surface area contributed by atoms with Crippen LogP contribution in [0.1, 0.15) is 29.2 Å². The second kappa shape index (κ2) is 5.90. The lowest BCUT2D eigenvalue weighted by Crippen LogP contribution is -2.22. The molecule has 3 rings (SSSR count). The van der Waals surface area contributed by atoms with Gasteiger partial charge in [-0.1, -0.05) is 12.1 Å². The van der Waals surface area contributed by atoms with E-state index in [2.05, 4.69) is 5.32 Å². The van der Waals surface area contributed by atoms with Gasteiger partial charge >= 0.3 is 0 Å². The molecule has 1 aliphatic rings. The Kier molecular flexibility index (Phi) is 3.97. The molecule has 1 aliphatic carbocycles. The van der Waals surface area contributed by atoms with Crippen molar-refractivity contribution in [3.8, 4) is 0 Å². The van der Waals surface area contributed by atoms with Gasteiger partial charge in [-0.3, -0.25) is 0 Å². The predicted octanol–water partition coefficient (Wildman–Crippen LogP) is 3.92. The lowest BCUT2D eigenvalue weighted by Gasteiger charge is -2.14. The molecule has 1 N–H and O–H groups in total. The zero-order valence-corrected chi connectivity index (χ0v) is 11.5. The largest absolute Gasteiger partial charge is 0.310 e. The Hall–Kier alpha value is -1.81. The molecule has 0 aromatic heterocycles. The van der Waals surface area contributed by atoms with Gasteiger partial charge in [0.25, 0.3) is 0 Å². The molecule has 0 aliphatic heterocycles. The molecule has 0 amide bonds. The van der Waals surface area contributed by atoms with E-state index in [4.69, 9.17) is 0 Å². The SMILES string of the molecule is Fc1cc(F)cc(CCNC2CCc3c(F)cccc32)c1. The van der Waals surface area contributed by atoms with Gasteiger partial charge in [-0.15, -0.1) is 0 Å². The molecule has 2 aromatic carbocycles. The molecule has 0 radical (unpaired) electrons. The fourth-order valence-corrected chi connectivity index (χ4v) is 2.97. The lowest BCUT2D eigenvalue weighted by molar-refractivity contribution is 0.530. The van der Waals surface area contributed by atoms with Crippen molar-refractivity contribution in [3.63, 3.8) is 0 Å². The molecule has 110 valence electrons. The average molecular weight is 291 g/mol. The molecule has 0 saturated heterocycles. The summed E-state index contributed by atoms with van der Waals surface area (Å²) in [6.45, 7) is 0.601. The summed E-state index contributed by atoms with van der Waals surface area (Å²) in [4.78, 5) is 0. The van der Waals surface area contributed by atoms with Crippen molar-refractivity contribution in [3.05, 3.63) is 70.5 Å². The van der Waals surface area contributed by atoms with Crippen molar-refractivity contribution in [2.45, 2.75) is 25.3 Å². The zero-order valence-electron chi connectivity index (χ0n) is 11.5. The van der Waals surface area contributed by atoms with Gasteiger partial charge in [0.2, 0.25) is 0 Å². The van der Waals surface area contributed by atoms with Crippen LogP contribution in [0, 0.1) is 17.5 Å². The predicted molar refractivity (Wildman–Crippen MR) is 75.5 cm³/mol. The van der Waals surface area contributed by atoms with E-state index in [1.165, 1.54) is 18.2 Å². The Labute approximate surface area is 121 Å². The molecule has 1 nitrogen and oxygen atoms in total.